The zero-order chi connectivity index (χ0) is 80.6. The molecule has 44 nitrogen and oxygen atoms in total. The summed E-state index contributed by atoms with van der Waals surface area (Å²) < 4.78 is 64.6. The van der Waals surface area contributed by atoms with Crippen LogP contribution in [0.1, 0.15) is 61.2 Å². The van der Waals surface area contributed by atoms with Gasteiger partial charge in [0.15, 0.2) is 25.2 Å². The summed E-state index contributed by atoms with van der Waals surface area (Å²) in [6.45, 7) is -4.39. The average molecular weight is 1580 g/mol. The van der Waals surface area contributed by atoms with E-state index in [0.717, 1.165) is 0 Å². The van der Waals surface area contributed by atoms with Crippen molar-refractivity contribution in [2.45, 2.75) is 143 Å². The summed E-state index contributed by atoms with van der Waals surface area (Å²) in [7, 11) is 0. The molecular weight excluding hydrogens is 1480 g/mol. The Morgan fingerprint density at radius 2 is 0.600 bits per heavy atom. The largest absolute Gasteiger partial charge is 0.394 e. The Balaban J connectivity index is 0.967. The second kappa shape index (κ2) is 47.6. The summed E-state index contributed by atoms with van der Waals surface area (Å²) in [6, 6.07) is 7.38. The van der Waals surface area contributed by atoms with Crippen molar-refractivity contribution in [1.82, 2.24) is 31.9 Å². The molecule has 2 aromatic rings. The highest BCUT2D eigenvalue weighted by molar-refractivity contribution is 6.04. The molecule has 4 aliphatic heterocycles. The molecule has 24 N–H and O–H groups in total. The summed E-state index contributed by atoms with van der Waals surface area (Å²) in [5, 5.41) is 179. The van der Waals surface area contributed by atoms with Crippen molar-refractivity contribution in [1.29, 1.82) is 0 Å². The smallest absolute Gasteiger partial charge is 0.251 e. The molecule has 0 radical (unpaired) electrons. The van der Waals surface area contributed by atoms with Crippen LogP contribution in [0.15, 0.2) is 36.4 Å². The molecule has 0 bridgehead atoms. The lowest BCUT2D eigenvalue weighted by Crippen LogP contribution is -2.59. The summed E-state index contributed by atoms with van der Waals surface area (Å²) in [6.07, 6.45) is -30.3. The zero-order valence-electron chi connectivity index (χ0n) is 59.9. The molecule has 4 saturated heterocycles. The van der Waals surface area contributed by atoms with Gasteiger partial charge in [0.05, 0.1) is 119 Å². The zero-order valence-corrected chi connectivity index (χ0v) is 59.9. The molecule has 110 heavy (non-hydrogen) atoms. The van der Waals surface area contributed by atoms with Gasteiger partial charge in [-0.3, -0.25) is 38.4 Å². The van der Waals surface area contributed by atoms with Crippen LogP contribution in [0.3, 0.4) is 0 Å². The number of hydrogen-bond acceptors (Lipinski definition) is 36. The number of carbonyl (C=O) groups excluding carboxylic acids is 8. The Labute approximate surface area is 628 Å². The Bertz CT molecular complexity index is 3040. The molecule has 0 aliphatic carbocycles. The van der Waals surface area contributed by atoms with E-state index in [1.54, 1.807) is 0 Å². The number of aliphatic hydroxyl groups excluding tert-OH is 16. The number of amides is 8. The van der Waals surface area contributed by atoms with Crippen LogP contribution in [0.4, 0.5) is 11.4 Å². The van der Waals surface area contributed by atoms with Crippen molar-refractivity contribution in [3.63, 3.8) is 0 Å². The Hall–Kier alpha value is -6.92. The van der Waals surface area contributed by atoms with Crippen molar-refractivity contribution >= 4 is 58.6 Å². The van der Waals surface area contributed by atoms with Crippen LogP contribution in [-0.2, 0) is 76.0 Å². The maximum atomic E-state index is 13.5. The summed E-state index contributed by atoms with van der Waals surface area (Å²) in [5.41, 5.74) is -0.627. The summed E-state index contributed by atoms with van der Waals surface area (Å²) in [4.78, 5) is 107. The third kappa shape index (κ3) is 28.6. The van der Waals surface area contributed by atoms with Crippen LogP contribution in [0, 0.1) is 5.92 Å². The summed E-state index contributed by atoms with van der Waals surface area (Å²) >= 11 is 0. The number of aliphatic hydroxyl groups is 16. The molecule has 0 saturated carbocycles. The predicted molar refractivity (Wildman–Crippen MR) is 366 cm³/mol. The third-order valence-electron chi connectivity index (χ3n) is 17.2. The van der Waals surface area contributed by atoms with E-state index in [2.05, 4.69) is 42.5 Å². The number of nitrogens with one attached hydrogen (secondary N) is 8. The maximum Gasteiger partial charge on any atom is 0.251 e. The van der Waals surface area contributed by atoms with Crippen LogP contribution >= 0.6 is 0 Å². The Morgan fingerprint density at radius 3 is 0.864 bits per heavy atom. The van der Waals surface area contributed by atoms with E-state index >= 15 is 0 Å². The van der Waals surface area contributed by atoms with E-state index in [1.165, 1.54) is 43.3 Å². The molecule has 2 aromatic carbocycles. The SMILES string of the molecule is C[C@@H](CCC(=O)NCC(=O)Nc1cc(C(=O)NCCOCCO[C@H]2O[C@H](CO)[C@@H](O)[C@H](O)[C@@H]2O)cc(C(=O)NCCOCCO[C@H]2O[C@H](CO)[C@@H](O)[C@H](O)[C@@H]2O)c1)C(=O)NCC(=O)Nc1cc(C(=O)NCCOCCO[C@H]2O[C@H](CO)[C@@H](O)[C@H](O)[C@@H]2O)cc(C(=O)NCCOCCO[C@H]2O[C@H](CO)[C@@H](O)[C@H](O)[C@@H]2O)c1. The fourth-order valence-electron chi connectivity index (χ4n) is 10.9. The molecule has 4 aliphatic rings. The lowest BCUT2D eigenvalue weighted by Gasteiger charge is -2.39. The highest BCUT2D eigenvalue weighted by Gasteiger charge is 2.47. The summed E-state index contributed by atoms with van der Waals surface area (Å²) in [5.74, 6) is -6.82. The van der Waals surface area contributed by atoms with Crippen molar-refractivity contribution in [2.24, 2.45) is 5.92 Å². The molecule has 21 atom stereocenters. The van der Waals surface area contributed by atoms with Crippen LogP contribution in [-0.4, -0.2) is 397 Å². The van der Waals surface area contributed by atoms with Gasteiger partial charge in [-0.2, -0.15) is 0 Å². The van der Waals surface area contributed by atoms with E-state index in [-0.39, 0.29) is 152 Å². The van der Waals surface area contributed by atoms with Gasteiger partial charge >= 0.3 is 0 Å². The number of benzene rings is 2. The number of ether oxygens (including phenoxy) is 12. The van der Waals surface area contributed by atoms with Crippen molar-refractivity contribution in [3.05, 3.63) is 58.7 Å². The van der Waals surface area contributed by atoms with E-state index in [9.17, 15) is 120 Å². The van der Waals surface area contributed by atoms with Crippen LogP contribution in [0.25, 0.3) is 0 Å². The monoisotopic (exact) mass is 1580 g/mol. The topological polar surface area (TPSA) is 667 Å². The number of carbonyl (C=O) groups is 8. The Kier molecular flexibility index (Phi) is 39.8. The molecule has 6 rings (SSSR count). The maximum absolute atomic E-state index is 13.5. The van der Waals surface area contributed by atoms with E-state index < -0.39 is 216 Å². The number of anilines is 2. The first-order chi connectivity index (χ1) is 52.6. The number of rotatable bonds is 46. The van der Waals surface area contributed by atoms with Gasteiger partial charge in [0.2, 0.25) is 23.6 Å². The van der Waals surface area contributed by atoms with Gasteiger partial charge < -0.3 is 181 Å². The minimum Gasteiger partial charge on any atom is -0.394 e. The second-order valence-corrected chi connectivity index (χ2v) is 25.4. The van der Waals surface area contributed by atoms with Gasteiger partial charge in [-0.15, -0.1) is 0 Å². The molecular formula is C66H102N8O36. The molecule has 8 amide bonds. The van der Waals surface area contributed by atoms with Crippen LogP contribution in [0.5, 0.6) is 0 Å². The quantitative estimate of drug-likeness (QED) is 0.0274. The normalized spacial score (nSPS) is 28.4. The fraction of sp³-hybridized carbons (Fsp3) is 0.697. The highest BCUT2D eigenvalue weighted by Crippen LogP contribution is 2.27. The lowest BCUT2D eigenvalue weighted by atomic mass is 9.99. The third-order valence-corrected chi connectivity index (χ3v) is 17.2. The standard InChI is InChI=1S/C66H102N8O36/c1-32(58(94)72-27-45(81)74-38-24-35(61(97)69-6-10-101-14-18-105-65-56(92)52(88)48(84)41(30-77)109-65)21-36(25-38)62(98)70-7-11-102-15-19-106-66-57(93)53(89)49(85)42(31-78)110-66)2-3-43(79)71-26-44(80)73-37-22-33(59(95)67-4-8-99-12-16-103-63-54(90)50(86)46(82)39(28-75)107-63)20-34(23-37)60(96)68-5-9-100-13-17-104-64-55(91)51(87)47(83)40(29-76)108-64/h20-25,32,39-42,46-57,63-66,75-78,82-93H,2-19,26-31H2,1H3,(H,67,95)(H,68,96)(H,69,97)(H,70,98)(H,71,79)(H,72,94)(H,73,80)(H,74,81)/t32-,39+,40+,41+,42+,46+,47+,48+,49+,50-,51-,52-,53-,54-,55-,56-,57-,63-,64-,65-,66-/m0/s1. The van der Waals surface area contributed by atoms with E-state index in [1.807, 2.05) is 0 Å². The second-order valence-electron chi connectivity index (χ2n) is 25.4. The van der Waals surface area contributed by atoms with Gasteiger partial charge in [0, 0.05) is 72.1 Å². The van der Waals surface area contributed by atoms with Gasteiger partial charge in [-0.05, 0) is 42.8 Å². The first kappa shape index (κ1) is 92.0. The van der Waals surface area contributed by atoms with Gasteiger partial charge in [-0.25, -0.2) is 0 Å². The molecule has 0 unspecified atom stereocenters. The molecule has 0 spiro atoms. The molecule has 44 heteroatoms. The first-order valence-electron chi connectivity index (χ1n) is 35.2. The molecule has 4 fully saturated rings. The van der Waals surface area contributed by atoms with Gasteiger partial charge in [0.25, 0.3) is 23.6 Å². The van der Waals surface area contributed by atoms with E-state index in [4.69, 9.17) is 56.8 Å². The number of hydrogen-bond donors (Lipinski definition) is 24. The molecule has 622 valence electrons. The highest BCUT2D eigenvalue weighted by atomic mass is 16.7. The molecule has 0 aromatic heterocycles. The van der Waals surface area contributed by atoms with Crippen molar-refractivity contribution in [3.8, 4) is 0 Å². The van der Waals surface area contributed by atoms with E-state index in [0.29, 0.717) is 0 Å². The van der Waals surface area contributed by atoms with Gasteiger partial charge in [-0.1, -0.05) is 6.92 Å². The lowest BCUT2D eigenvalue weighted by molar-refractivity contribution is -0.302. The Morgan fingerprint density at radius 1 is 0.336 bits per heavy atom. The average Bonchev–Trinajstić information content (AvgIpc) is 0.844. The first-order valence-corrected chi connectivity index (χ1v) is 35.2. The van der Waals surface area contributed by atoms with Gasteiger partial charge in [0.1, 0.15) is 97.7 Å². The molecule has 4 heterocycles. The predicted octanol–water partition coefficient (Wildman–Crippen LogP) is -11.8. The minimum absolute atomic E-state index is 0.0678. The minimum atomic E-state index is -1.66. The van der Waals surface area contributed by atoms with Crippen LogP contribution < -0.4 is 42.5 Å². The van der Waals surface area contributed by atoms with Crippen molar-refractivity contribution < 1.29 is 177 Å². The fourth-order valence-corrected chi connectivity index (χ4v) is 10.9. The van der Waals surface area contributed by atoms with Crippen LogP contribution in [0.2, 0.25) is 0 Å². The van der Waals surface area contributed by atoms with Crippen molar-refractivity contribution in [2.75, 3.05) is 156 Å².